The Kier molecular flexibility index (Phi) is 5.36. The molecular formula is C15H22O2. The van der Waals surface area contributed by atoms with Gasteiger partial charge in [-0.25, -0.2) is 0 Å². The van der Waals surface area contributed by atoms with E-state index in [1.807, 2.05) is 6.08 Å². The maximum atomic E-state index is 11.3. The van der Waals surface area contributed by atoms with Crippen molar-refractivity contribution in [3.05, 3.63) is 35.5 Å². The minimum atomic E-state index is -0.428. The molecule has 1 aliphatic rings. The third kappa shape index (κ3) is 3.97. The number of hydrogen-bond donors (Lipinski definition) is 1. The Balaban J connectivity index is 3.09. The first-order chi connectivity index (χ1) is 8.06. The van der Waals surface area contributed by atoms with Gasteiger partial charge < -0.3 is 5.11 Å². The normalized spacial score (nSPS) is 22.3. The van der Waals surface area contributed by atoms with E-state index < -0.39 is 6.10 Å². The molecule has 0 saturated heterocycles. The molecule has 0 amide bonds. The standard InChI is InChI=1S/C15H22O2/c1-4-7-13(10-12(3)16)15-11(2)8-5-6-9-14(15)17/h4,7,14,17H,1,5-6,8-10H2,2-3H3/b13-7-. The second-order valence-electron chi connectivity index (χ2n) is 4.76. The van der Waals surface area contributed by atoms with Crippen LogP contribution in [0, 0.1) is 0 Å². The van der Waals surface area contributed by atoms with Gasteiger partial charge in [-0.15, -0.1) is 0 Å². The van der Waals surface area contributed by atoms with E-state index in [-0.39, 0.29) is 5.78 Å². The summed E-state index contributed by atoms with van der Waals surface area (Å²) in [6, 6.07) is 0. The summed E-state index contributed by atoms with van der Waals surface area (Å²) >= 11 is 0. The molecule has 1 unspecified atom stereocenters. The van der Waals surface area contributed by atoms with Crippen LogP contribution in [0.5, 0.6) is 0 Å². The van der Waals surface area contributed by atoms with E-state index in [0.717, 1.165) is 36.8 Å². The summed E-state index contributed by atoms with van der Waals surface area (Å²) < 4.78 is 0. The number of aliphatic hydroxyl groups is 1. The van der Waals surface area contributed by atoms with E-state index in [9.17, 15) is 9.90 Å². The van der Waals surface area contributed by atoms with Gasteiger partial charge in [-0.3, -0.25) is 4.79 Å². The number of carbonyl (C=O) groups excluding carboxylic acids is 1. The van der Waals surface area contributed by atoms with Gasteiger partial charge in [0.25, 0.3) is 0 Å². The van der Waals surface area contributed by atoms with Crippen LogP contribution in [0.2, 0.25) is 0 Å². The van der Waals surface area contributed by atoms with Crippen molar-refractivity contribution >= 4 is 5.78 Å². The van der Waals surface area contributed by atoms with Crippen LogP contribution < -0.4 is 0 Å². The monoisotopic (exact) mass is 234 g/mol. The molecule has 1 rings (SSSR count). The maximum absolute atomic E-state index is 11.3. The summed E-state index contributed by atoms with van der Waals surface area (Å²) in [5.41, 5.74) is 3.11. The molecule has 0 aromatic rings. The molecule has 2 nitrogen and oxygen atoms in total. The number of ketones is 1. The molecule has 0 aromatic heterocycles. The van der Waals surface area contributed by atoms with E-state index in [1.54, 1.807) is 13.0 Å². The number of Topliss-reactive ketones (excluding diaryl/α,β-unsaturated/α-hetero) is 1. The minimum Gasteiger partial charge on any atom is -0.388 e. The van der Waals surface area contributed by atoms with Gasteiger partial charge in [-0.05, 0) is 44.3 Å². The first-order valence-electron chi connectivity index (χ1n) is 6.25. The highest BCUT2D eigenvalue weighted by Gasteiger charge is 2.20. The van der Waals surface area contributed by atoms with Crippen LogP contribution in [0.1, 0.15) is 46.0 Å². The van der Waals surface area contributed by atoms with Crippen LogP contribution in [0.15, 0.2) is 35.5 Å². The zero-order chi connectivity index (χ0) is 12.8. The average molecular weight is 234 g/mol. The molecule has 1 N–H and O–H groups in total. The second-order valence-corrected chi connectivity index (χ2v) is 4.76. The van der Waals surface area contributed by atoms with Gasteiger partial charge in [0.15, 0.2) is 0 Å². The van der Waals surface area contributed by atoms with Crippen LogP contribution in [0.3, 0.4) is 0 Å². The fraction of sp³-hybridized carbons (Fsp3) is 0.533. The predicted octanol–water partition coefficient (Wildman–Crippen LogP) is 3.33. The van der Waals surface area contributed by atoms with Crippen LogP contribution in [-0.2, 0) is 4.79 Å². The van der Waals surface area contributed by atoms with Crippen LogP contribution in [0.25, 0.3) is 0 Å². The van der Waals surface area contributed by atoms with Gasteiger partial charge in [0.1, 0.15) is 5.78 Å². The summed E-state index contributed by atoms with van der Waals surface area (Å²) in [7, 11) is 0. The molecule has 0 fully saturated rings. The summed E-state index contributed by atoms with van der Waals surface area (Å²) in [4.78, 5) is 11.3. The summed E-state index contributed by atoms with van der Waals surface area (Å²) in [5.74, 6) is 0.120. The molecule has 2 heteroatoms. The lowest BCUT2D eigenvalue weighted by molar-refractivity contribution is -0.116. The van der Waals surface area contributed by atoms with Gasteiger partial charge in [0, 0.05) is 6.42 Å². The number of allylic oxidation sites excluding steroid dienone is 3. The van der Waals surface area contributed by atoms with Crippen LogP contribution >= 0.6 is 0 Å². The van der Waals surface area contributed by atoms with Gasteiger partial charge >= 0.3 is 0 Å². The molecule has 0 aromatic carbocycles. The average Bonchev–Trinajstić information content (AvgIpc) is 2.39. The number of hydrogen-bond acceptors (Lipinski definition) is 2. The molecule has 0 heterocycles. The Morgan fingerprint density at radius 2 is 2.24 bits per heavy atom. The molecule has 1 aliphatic carbocycles. The van der Waals surface area contributed by atoms with Gasteiger partial charge in [-0.1, -0.05) is 30.7 Å². The first kappa shape index (κ1) is 13.9. The Morgan fingerprint density at radius 1 is 1.53 bits per heavy atom. The van der Waals surface area contributed by atoms with Crippen molar-refractivity contribution < 1.29 is 9.90 Å². The zero-order valence-electron chi connectivity index (χ0n) is 10.8. The minimum absolute atomic E-state index is 0.120. The first-order valence-corrected chi connectivity index (χ1v) is 6.25. The maximum Gasteiger partial charge on any atom is 0.134 e. The van der Waals surface area contributed by atoms with Crippen molar-refractivity contribution in [3.8, 4) is 0 Å². The quantitative estimate of drug-likeness (QED) is 0.758. The highest BCUT2D eigenvalue weighted by atomic mass is 16.3. The molecule has 0 aliphatic heterocycles. The fourth-order valence-corrected chi connectivity index (χ4v) is 2.43. The lowest BCUT2D eigenvalue weighted by Crippen LogP contribution is -2.14. The Bertz CT molecular complexity index is 361. The van der Waals surface area contributed by atoms with Crippen molar-refractivity contribution in [2.75, 3.05) is 0 Å². The van der Waals surface area contributed by atoms with Crippen molar-refractivity contribution in [1.82, 2.24) is 0 Å². The second kappa shape index (κ2) is 6.55. The van der Waals surface area contributed by atoms with E-state index in [0.29, 0.717) is 6.42 Å². The van der Waals surface area contributed by atoms with Crippen LogP contribution in [0.4, 0.5) is 0 Å². The smallest absolute Gasteiger partial charge is 0.134 e. The van der Waals surface area contributed by atoms with E-state index in [1.165, 1.54) is 5.57 Å². The molecular weight excluding hydrogens is 212 g/mol. The molecule has 0 saturated carbocycles. The SMILES string of the molecule is C=C/C=C(/CC(C)=O)C1=C(C)CCCCC1O. The Morgan fingerprint density at radius 3 is 2.82 bits per heavy atom. The topological polar surface area (TPSA) is 37.3 Å². The number of carbonyl (C=O) groups is 1. The Labute approximate surface area is 104 Å². The third-order valence-corrected chi connectivity index (χ3v) is 3.18. The molecule has 94 valence electrons. The van der Waals surface area contributed by atoms with Gasteiger partial charge in [-0.2, -0.15) is 0 Å². The molecule has 17 heavy (non-hydrogen) atoms. The molecule has 0 bridgehead atoms. The van der Waals surface area contributed by atoms with Crippen molar-refractivity contribution in [1.29, 1.82) is 0 Å². The summed E-state index contributed by atoms with van der Waals surface area (Å²) in [5, 5.41) is 10.2. The fourth-order valence-electron chi connectivity index (χ4n) is 2.43. The lowest BCUT2D eigenvalue weighted by Gasteiger charge is -2.18. The summed E-state index contributed by atoms with van der Waals surface area (Å²) in [6.45, 7) is 7.32. The highest BCUT2D eigenvalue weighted by Crippen LogP contribution is 2.30. The van der Waals surface area contributed by atoms with E-state index in [2.05, 4.69) is 13.5 Å². The van der Waals surface area contributed by atoms with Crippen LogP contribution in [-0.4, -0.2) is 17.0 Å². The van der Waals surface area contributed by atoms with Crippen molar-refractivity contribution in [2.45, 2.75) is 52.1 Å². The molecule has 0 spiro atoms. The molecule has 0 radical (unpaired) electrons. The van der Waals surface area contributed by atoms with Crippen molar-refractivity contribution in [2.24, 2.45) is 0 Å². The van der Waals surface area contributed by atoms with Crippen molar-refractivity contribution in [3.63, 3.8) is 0 Å². The number of aliphatic hydroxyl groups excluding tert-OH is 1. The lowest BCUT2D eigenvalue weighted by atomic mass is 9.91. The molecule has 1 atom stereocenters. The van der Waals surface area contributed by atoms with E-state index >= 15 is 0 Å². The van der Waals surface area contributed by atoms with Gasteiger partial charge in [0.05, 0.1) is 6.10 Å². The Hall–Kier alpha value is -1.15. The summed E-state index contributed by atoms with van der Waals surface area (Å²) in [6.07, 6.45) is 7.47. The number of rotatable bonds is 4. The predicted molar refractivity (Wildman–Crippen MR) is 70.8 cm³/mol. The van der Waals surface area contributed by atoms with E-state index in [4.69, 9.17) is 0 Å². The highest BCUT2D eigenvalue weighted by molar-refractivity contribution is 5.79. The zero-order valence-corrected chi connectivity index (χ0v) is 10.8. The van der Waals surface area contributed by atoms with Gasteiger partial charge in [0.2, 0.25) is 0 Å². The largest absolute Gasteiger partial charge is 0.388 e. The third-order valence-electron chi connectivity index (χ3n) is 3.18.